The number of hydrogen-bond acceptors (Lipinski definition) is 1. The van der Waals surface area contributed by atoms with Crippen LogP contribution in [0.5, 0.6) is 0 Å². The second kappa shape index (κ2) is 4.08. The molecule has 0 N–H and O–H groups in total. The average Bonchev–Trinajstić information content (AvgIpc) is 2.05. The Labute approximate surface area is 75.5 Å². The molecular weight excluding hydrogens is 257 g/mol. The fraction of sp³-hybridized carbons (Fsp3) is 0.143. The standard InChI is InChI=1S/C7H8INS/c1-9-10(8)7-5-3-2-4-6-7/h2-6H,1H3. The van der Waals surface area contributed by atoms with E-state index in [1.54, 1.807) is 0 Å². The van der Waals surface area contributed by atoms with E-state index in [4.69, 9.17) is 0 Å². The van der Waals surface area contributed by atoms with Crippen molar-refractivity contribution >= 4 is 29.1 Å². The van der Waals surface area contributed by atoms with Crippen LogP contribution in [-0.4, -0.2) is 7.05 Å². The molecule has 3 heteroatoms. The summed E-state index contributed by atoms with van der Waals surface area (Å²) in [6.45, 7) is 0. The Bertz CT molecular complexity index is 233. The lowest BCUT2D eigenvalue weighted by Gasteiger charge is -1.95. The summed E-state index contributed by atoms with van der Waals surface area (Å²) >= 11 is 2.33. The second-order valence-electron chi connectivity index (χ2n) is 1.73. The third kappa shape index (κ3) is 2.05. The van der Waals surface area contributed by atoms with Gasteiger partial charge in [-0.2, -0.15) is 0 Å². The Morgan fingerprint density at radius 3 is 2.40 bits per heavy atom. The lowest BCUT2D eigenvalue weighted by Crippen LogP contribution is -1.77. The van der Waals surface area contributed by atoms with Gasteiger partial charge >= 0.3 is 0 Å². The highest BCUT2D eigenvalue weighted by Crippen LogP contribution is 2.13. The first kappa shape index (κ1) is 8.20. The van der Waals surface area contributed by atoms with Crippen molar-refractivity contribution in [3.63, 3.8) is 0 Å². The van der Waals surface area contributed by atoms with Crippen molar-refractivity contribution in [2.45, 2.75) is 4.90 Å². The third-order valence-electron chi connectivity index (χ3n) is 1.10. The molecule has 10 heavy (non-hydrogen) atoms. The van der Waals surface area contributed by atoms with E-state index in [9.17, 15) is 0 Å². The van der Waals surface area contributed by atoms with E-state index in [1.165, 1.54) is 4.90 Å². The Balaban J connectivity index is 2.96. The summed E-state index contributed by atoms with van der Waals surface area (Å²) in [6.07, 6.45) is 0. The minimum atomic E-state index is 0.0546. The zero-order chi connectivity index (χ0) is 7.40. The fourth-order valence-corrected chi connectivity index (χ4v) is 2.11. The van der Waals surface area contributed by atoms with Gasteiger partial charge in [-0.3, -0.25) is 4.36 Å². The van der Waals surface area contributed by atoms with Crippen LogP contribution >= 0.6 is 21.2 Å². The molecule has 0 fully saturated rings. The summed E-state index contributed by atoms with van der Waals surface area (Å²) in [5.41, 5.74) is 0. The molecule has 0 radical (unpaired) electrons. The molecule has 0 bridgehead atoms. The highest BCUT2D eigenvalue weighted by Gasteiger charge is 1.91. The van der Waals surface area contributed by atoms with Crippen LogP contribution in [0.4, 0.5) is 0 Å². The molecule has 54 valence electrons. The van der Waals surface area contributed by atoms with Crippen molar-refractivity contribution in [3.05, 3.63) is 30.3 Å². The van der Waals surface area contributed by atoms with Gasteiger partial charge in [-0.15, -0.1) is 0 Å². The van der Waals surface area contributed by atoms with Crippen LogP contribution in [0.25, 0.3) is 0 Å². The maximum Gasteiger partial charge on any atom is 0.0359 e. The molecule has 1 aromatic rings. The van der Waals surface area contributed by atoms with Crippen LogP contribution in [-0.2, 0) is 7.86 Å². The first-order valence-electron chi connectivity index (χ1n) is 2.90. The van der Waals surface area contributed by atoms with Crippen molar-refractivity contribution in [1.82, 2.24) is 0 Å². The van der Waals surface area contributed by atoms with Crippen molar-refractivity contribution in [3.8, 4) is 0 Å². The summed E-state index contributed by atoms with van der Waals surface area (Å²) in [5, 5.41) is 0. The van der Waals surface area contributed by atoms with Crippen molar-refractivity contribution in [2.24, 2.45) is 4.36 Å². The van der Waals surface area contributed by atoms with E-state index in [0.29, 0.717) is 0 Å². The topological polar surface area (TPSA) is 12.4 Å². The molecule has 0 aliphatic heterocycles. The van der Waals surface area contributed by atoms with Gasteiger partial charge < -0.3 is 0 Å². The van der Waals surface area contributed by atoms with Gasteiger partial charge in [0.05, 0.1) is 0 Å². The summed E-state index contributed by atoms with van der Waals surface area (Å²) < 4.78 is 4.17. The van der Waals surface area contributed by atoms with E-state index in [0.717, 1.165) is 0 Å². The molecule has 0 aliphatic carbocycles. The van der Waals surface area contributed by atoms with Gasteiger partial charge in [-0.1, -0.05) is 18.2 Å². The van der Waals surface area contributed by atoms with Gasteiger partial charge in [0.2, 0.25) is 0 Å². The molecule has 0 saturated carbocycles. The van der Waals surface area contributed by atoms with Crippen LogP contribution in [0.3, 0.4) is 0 Å². The van der Waals surface area contributed by atoms with Crippen LogP contribution < -0.4 is 0 Å². The monoisotopic (exact) mass is 265 g/mol. The smallest absolute Gasteiger partial charge is 0.0359 e. The Hall–Kier alpha value is 0.1000. The largest absolute Gasteiger partial charge is 0.253 e. The van der Waals surface area contributed by atoms with Crippen molar-refractivity contribution in [2.75, 3.05) is 7.05 Å². The van der Waals surface area contributed by atoms with E-state index in [-0.39, 0.29) is 7.86 Å². The van der Waals surface area contributed by atoms with Crippen molar-refractivity contribution < 1.29 is 0 Å². The van der Waals surface area contributed by atoms with E-state index in [1.807, 2.05) is 25.2 Å². The highest BCUT2D eigenvalue weighted by molar-refractivity contribution is 14.2. The summed E-state index contributed by atoms with van der Waals surface area (Å²) in [6, 6.07) is 10.3. The average molecular weight is 265 g/mol. The Morgan fingerprint density at radius 1 is 1.30 bits per heavy atom. The minimum absolute atomic E-state index is 0.0546. The van der Waals surface area contributed by atoms with Crippen LogP contribution in [0, 0.1) is 0 Å². The van der Waals surface area contributed by atoms with Crippen molar-refractivity contribution in [1.29, 1.82) is 0 Å². The van der Waals surface area contributed by atoms with Gasteiger partial charge in [0.1, 0.15) is 0 Å². The lowest BCUT2D eigenvalue weighted by atomic mass is 10.4. The maximum atomic E-state index is 4.17. The number of halogens is 1. The molecule has 0 amide bonds. The molecular formula is C7H8INS. The molecule has 0 heterocycles. The predicted molar refractivity (Wildman–Crippen MR) is 54.4 cm³/mol. The predicted octanol–water partition coefficient (Wildman–Crippen LogP) is 2.83. The molecule has 1 aromatic carbocycles. The molecule has 1 atom stereocenters. The quantitative estimate of drug-likeness (QED) is 0.692. The van der Waals surface area contributed by atoms with E-state index >= 15 is 0 Å². The zero-order valence-corrected chi connectivity index (χ0v) is 8.59. The fourth-order valence-electron chi connectivity index (χ4n) is 0.638. The Morgan fingerprint density at radius 2 is 1.90 bits per heavy atom. The number of benzene rings is 1. The summed E-state index contributed by atoms with van der Waals surface area (Å²) in [7, 11) is 1.90. The first-order chi connectivity index (χ1) is 4.84. The first-order valence-corrected chi connectivity index (χ1v) is 6.62. The van der Waals surface area contributed by atoms with Gasteiger partial charge in [0.15, 0.2) is 0 Å². The van der Waals surface area contributed by atoms with Crippen LogP contribution in [0.2, 0.25) is 0 Å². The molecule has 1 unspecified atom stereocenters. The second-order valence-corrected chi connectivity index (χ2v) is 5.55. The Kier molecular flexibility index (Phi) is 3.34. The molecule has 0 saturated heterocycles. The normalized spacial score (nSPS) is 13.4. The maximum absolute atomic E-state index is 4.17. The minimum Gasteiger partial charge on any atom is -0.253 e. The van der Waals surface area contributed by atoms with Gasteiger partial charge in [0.25, 0.3) is 0 Å². The van der Waals surface area contributed by atoms with Crippen LogP contribution in [0.15, 0.2) is 39.6 Å². The van der Waals surface area contributed by atoms with Crippen LogP contribution in [0.1, 0.15) is 0 Å². The molecule has 0 aromatic heterocycles. The molecule has 1 rings (SSSR count). The molecule has 0 aliphatic rings. The molecule has 1 nitrogen and oxygen atoms in total. The van der Waals surface area contributed by atoms with E-state index in [2.05, 4.69) is 37.7 Å². The third-order valence-corrected chi connectivity index (χ3v) is 4.79. The SMILES string of the molecule is CN=S(I)c1ccccc1. The highest BCUT2D eigenvalue weighted by atomic mass is 127. The zero-order valence-electron chi connectivity index (χ0n) is 5.62. The lowest BCUT2D eigenvalue weighted by molar-refractivity contribution is 1.43. The summed E-state index contributed by atoms with van der Waals surface area (Å²) in [4.78, 5) is 1.30. The van der Waals surface area contributed by atoms with Gasteiger partial charge in [-0.25, -0.2) is 0 Å². The number of nitrogens with zero attached hydrogens (tertiary/aromatic N) is 1. The summed E-state index contributed by atoms with van der Waals surface area (Å²) in [5.74, 6) is 0. The number of rotatable bonds is 1. The van der Waals surface area contributed by atoms with Gasteiger partial charge in [-0.05, 0) is 20.0 Å². The van der Waals surface area contributed by atoms with Gasteiger partial charge in [0, 0.05) is 33.1 Å². The molecule has 0 spiro atoms. The number of hydrogen-bond donors (Lipinski definition) is 0. The van der Waals surface area contributed by atoms with E-state index < -0.39 is 0 Å².